The van der Waals surface area contributed by atoms with E-state index in [9.17, 15) is 15.0 Å². The molecule has 0 fully saturated rings. The van der Waals surface area contributed by atoms with E-state index in [0.717, 1.165) is 37.7 Å². The third-order valence-electron chi connectivity index (χ3n) is 5.01. The van der Waals surface area contributed by atoms with Gasteiger partial charge < -0.3 is 24.4 Å². The molecule has 1 aromatic carbocycles. The summed E-state index contributed by atoms with van der Waals surface area (Å²) in [5, 5.41) is 20.7. The number of carbonyl (C=O) groups excluding carboxylic acids is 1. The Morgan fingerprint density at radius 1 is 0.786 bits per heavy atom. The number of methoxy groups -OCH3 is 2. The summed E-state index contributed by atoms with van der Waals surface area (Å²) in [7, 11) is 2.89. The third-order valence-corrected chi connectivity index (χ3v) is 5.01. The second kappa shape index (κ2) is 13.1. The molecule has 1 rings (SSSR count). The van der Waals surface area contributed by atoms with E-state index >= 15 is 0 Å². The molecule has 28 heavy (non-hydrogen) atoms. The molecule has 160 valence electrons. The smallest absolute Gasteiger partial charge is 0.302 e. The molecule has 0 saturated carbocycles. The normalized spacial score (nSPS) is 10.7. The Labute approximate surface area is 168 Å². The largest absolute Gasteiger partial charge is 0.504 e. The van der Waals surface area contributed by atoms with Crippen LogP contribution in [0.1, 0.15) is 75.8 Å². The number of carbonyl (C=O) groups is 1. The molecular formula is C22H36O6. The van der Waals surface area contributed by atoms with Gasteiger partial charge in [-0.15, -0.1) is 0 Å². The zero-order valence-electron chi connectivity index (χ0n) is 17.8. The topological polar surface area (TPSA) is 85.2 Å². The first-order valence-electron chi connectivity index (χ1n) is 10.2. The van der Waals surface area contributed by atoms with Crippen molar-refractivity contribution in [3.63, 3.8) is 0 Å². The maximum Gasteiger partial charge on any atom is 0.302 e. The van der Waals surface area contributed by atoms with Crippen molar-refractivity contribution in [1.82, 2.24) is 0 Å². The highest BCUT2D eigenvalue weighted by atomic mass is 16.5. The van der Waals surface area contributed by atoms with Crippen LogP contribution in [0.5, 0.6) is 23.0 Å². The monoisotopic (exact) mass is 396 g/mol. The lowest BCUT2D eigenvalue weighted by atomic mass is 9.98. The van der Waals surface area contributed by atoms with Gasteiger partial charge in [0.05, 0.1) is 20.8 Å². The Morgan fingerprint density at radius 2 is 1.25 bits per heavy atom. The summed E-state index contributed by atoms with van der Waals surface area (Å²) >= 11 is 0. The van der Waals surface area contributed by atoms with Gasteiger partial charge in [0.2, 0.25) is 11.5 Å². The van der Waals surface area contributed by atoms with Crippen LogP contribution in [-0.4, -0.2) is 37.0 Å². The first-order valence-corrected chi connectivity index (χ1v) is 10.2. The Kier molecular flexibility index (Phi) is 11.2. The molecule has 0 aliphatic heterocycles. The average molecular weight is 397 g/mol. The molecule has 0 spiro atoms. The molecule has 2 N–H and O–H groups in total. The number of ether oxygens (including phenoxy) is 3. The van der Waals surface area contributed by atoms with Crippen LogP contribution in [0.2, 0.25) is 0 Å². The molecule has 0 amide bonds. The Balaban J connectivity index is 2.25. The standard InChI is InChI=1S/C22H36O6/c1-16-18(20(25)22(27-4)21(26-3)19(16)24)14-12-10-8-6-5-7-9-11-13-15-28-17(2)23/h24-25H,5-15H2,1-4H3. The number of benzene rings is 1. The molecule has 0 aliphatic rings. The number of unbranched alkanes of at least 4 members (excludes halogenated alkanes) is 8. The van der Waals surface area contributed by atoms with Gasteiger partial charge in [0, 0.05) is 18.1 Å². The lowest BCUT2D eigenvalue weighted by Gasteiger charge is -2.17. The minimum atomic E-state index is -0.202. The predicted octanol–water partition coefficient (Wildman–Crippen LogP) is 5.04. The summed E-state index contributed by atoms with van der Waals surface area (Å²) in [5.74, 6) is 0.250. The van der Waals surface area contributed by atoms with Crippen molar-refractivity contribution in [2.24, 2.45) is 0 Å². The molecule has 1 aromatic rings. The van der Waals surface area contributed by atoms with E-state index in [0.29, 0.717) is 18.6 Å². The van der Waals surface area contributed by atoms with Crippen molar-refractivity contribution >= 4 is 5.97 Å². The Bertz CT molecular complexity index is 612. The van der Waals surface area contributed by atoms with Crippen molar-refractivity contribution in [2.45, 2.75) is 78.1 Å². The predicted molar refractivity (Wildman–Crippen MR) is 110 cm³/mol. The van der Waals surface area contributed by atoms with Gasteiger partial charge >= 0.3 is 5.97 Å². The molecule has 6 heteroatoms. The molecule has 0 bridgehead atoms. The van der Waals surface area contributed by atoms with Gasteiger partial charge in [-0.2, -0.15) is 0 Å². The van der Waals surface area contributed by atoms with Crippen LogP contribution >= 0.6 is 0 Å². The molecule has 0 atom stereocenters. The highest BCUT2D eigenvalue weighted by molar-refractivity contribution is 5.66. The first-order chi connectivity index (χ1) is 13.4. The molecule has 0 aliphatic carbocycles. The van der Waals surface area contributed by atoms with Crippen LogP contribution in [0.15, 0.2) is 0 Å². The van der Waals surface area contributed by atoms with Crippen LogP contribution in [-0.2, 0) is 16.0 Å². The summed E-state index contributed by atoms with van der Waals surface area (Å²) in [6.07, 6.45) is 10.7. The number of aromatic hydroxyl groups is 2. The van der Waals surface area contributed by atoms with Crippen molar-refractivity contribution < 1.29 is 29.2 Å². The highest BCUT2D eigenvalue weighted by Gasteiger charge is 2.22. The van der Waals surface area contributed by atoms with Crippen LogP contribution in [0.25, 0.3) is 0 Å². The minimum Gasteiger partial charge on any atom is -0.504 e. The second-order valence-corrected chi connectivity index (χ2v) is 7.14. The van der Waals surface area contributed by atoms with Crippen molar-refractivity contribution in [2.75, 3.05) is 20.8 Å². The zero-order chi connectivity index (χ0) is 20.9. The van der Waals surface area contributed by atoms with Crippen LogP contribution in [0, 0.1) is 6.92 Å². The summed E-state index contributed by atoms with van der Waals surface area (Å²) in [5.41, 5.74) is 1.37. The zero-order valence-corrected chi connectivity index (χ0v) is 17.8. The van der Waals surface area contributed by atoms with E-state index in [4.69, 9.17) is 14.2 Å². The minimum absolute atomic E-state index is 0.0286. The Hall–Kier alpha value is -2.11. The fraction of sp³-hybridized carbons (Fsp3) is 0.682. The molecule has 0 unspecified atom stereocenters. The maximum absolute atomic E-state index is 10.6. The lowest BCUT2D eigenvalue weighted by Crippen LogP contribution is -2.00. The number of phenols is 2. The SMILES string of the molecule is COc1c(O)c(C)c(CCCCCCCCCCCOC(C)=O)c(O)c1OC. The molecule has 0 aromatic heterocycles. The average Bonchev–Trinajstić information content (AvgIpc) is 2.67. The summed E-state index contributed by atoms with van der Waals surface area (Å²) in [4.78, 5) is 10.6. The van der Waals surface area contributed by atoms with E-state index in [2.05, 4.69) is 0 Å². The van der Waals surface area contributed by atoms with Gasteiger partial charge in [0.25, 0.3) is 0 Å². The van der Waals surface area contributed by atoms with E-state index in [1.807, 2.05) is 0 Å². The molecule has 0 radical (unpaired) electrons. The third kappa shape index (κ3) is 7.49. The number of phenolic OH excluding ortho intramolecular Hbond substituents is 2. The summed E-state index contributed by atoms with van der Waals surface area (Å²) in [6.45, 7) is 3.76. The fourth-order valence-corrected chi connectivity index (χ4v) is 3.38. The highest BCUT2D eigenvalue weighted by Crippen LogP contribution is 2.48. The van der Waals surface area contributed by atoms with E-state index in [1.54, 1.807) is 6.92 Å². The number of hydrogen-bond acceptors (Lipinski definition) is 6. The van der Waals surface area contributed by atoms with E-state index < -0.39 is 0 Å². The molecule has 0 saturated heterocycles. The fourth-order valence-electron chi connectivity index (χ4n) is 3.38. The molecule has 6 nitrogen and oxygen atoms in total. The van der Waals surface area contributed by atoms with Gasteiger partial charge in [-0.3, -0.25) is 4.79 Å². The van der Waals surface area contributed by atoms with Crippen molar-refractivity contribution in [3.05, 3.63) is 11.1 Å². The maximum atomic E-state index is 10.6. The number of hydrogen-bond donors (Lipinski definition) is 2. The van der Waals surface area contributed by atoms with Gasteiger partial charge in [0.15, 0.2) is 11.5 Å². The van der Waals surface area contributed by atoms with Crippen LogP contribution in [0.4, 0.5) is 0 Å². The van der Waals surface area contributed by atoms with Gasteiger partial charge in [0.1, 0.15) is 0 Å². The second-order valence-electron chi connectivity index (χ2n) is 7.14. The lowest BCUT2D eigenvalue weighted by molar-refractivity contribution is -0.141. The summed E-state index contributed by atoms with van der Waals surface area (Å²) in [6, 6.07) is 0. The molecular weight excluding hydrogens is 360 g/mol. The van der Waals surface area contributed by atoms with E-state index in [-0.39, 0.29) is 29.0 Å². The summed E-state index contributed by atoms with van der Waals surface area (Å²) < 4.78 is 15.3. The van der Waals surface area contributed by atoms with Crippen LogP contribution < -0.4 is 9.47 Å². The van der Waals surface area contributed by atoms with Gasteiger partial charge in [-0.05, 0) is 26.2 Å². The van der Waals surface area contributed by atoms with Gasteiger partial charge in [-0.25, -0.2) is 0 Å². The number of esters is 1. The van der Waals surface area contributed by atoms with Crippen molar-refractivity contribution in [3.8, 4) is 23.0 Å². The van der Waals surface area contributed by atoms with Crippen molar-refractivity contribution in [1.29, 1.82) is 0 Å². The van der Waals surface area contributed by atoms with Gasteiger partial charge in [-0.1, -0.05) is 44.9 Å². The first kappa shape index (κ1) is 23.9. The quantitative estimate of drug-likeness (QED) is 0.260. The van der Waals surface area contributed by atoms with E-state index in [1.165, 1.54) is 46.8 Å². The number of rotatable bonds is 14. The van der Waals surface area contributed by atoms with Crippen LogP contribution in [0.3, 0.4) is 0 Å². The Morgan fingerprint density at radius 3 is 1.75 bits per heavy atom. The molecule has 0 heterocycles.